The molecule has 0 atom stereocenters. The molecule has 12 heavy (non-hydrogen) atoms. The zero-order chi connectivity index (χ0) is 9.14. The predicted molar refractivity (Wildman–Crippen MR) is 42.2 cm³/mol. The van der Waals surface area contributed by atoms with Crippen molar-refractivity contribution in [2.45, 2.75) is 6.92 Å². The SMILES string of the molecule is COc1cnc(C)cc1[N+](=O)[O-]. The zero-order valence-electron chi connectivity index (χ0n) is 6.77. The minimum atomic E-state index is -0.493. The van der Waals surface area contributed by atoms with Gasteiger partial charge in [0.25, 0.3) is 0 Å². The van der Waals surface area contributed by atoms with Gasteiger partial charge in [0.15, 0.2) is 0 Å². The number of ether oxygens (including phenoxy) is 1. The number of nitrogens with zero attached hydrogens (tertiary/aromatic N) is 2. The second kappa shape index (κ2) is 3.17. The van der Waals surface area contributed by atoms with Gasteiger partial charge in [-0.2, -0.15) is 0 Å². The third-order valence-electron chi connectivity index (χ3n) is 1.40. The predicted octanol–water partition coefficient (Wildman–Crippen LogP) is 1.31. The molecule has 0 saturated heterocycles. The highest BCUT2D eigenvalue weighted by atomic mass is 16.6. The monoisotopic (exact) mass is 168 g/mol. The van der Waals surface area contributed by atoms with E-state index in [1.807, 2.05) is 0 Å². The van der Waals surface area contributed by atoms with E-state index in [1.165, 1.54) is 19.4 Å². The fourth-order valence-electron chi connectivity index (χ4n) is 0.833. The molecule has 0 amide bonds. The van der Waals surface area contributed by atoms with Crippen LogP contribution in [-0.4, -0.2) is 17.0 Å². The van der Waals surface area contributed by atoms with Crippen molar-refractivity contribution in [3.63, 3.8) is 0 Å². The lowest BCUT2D eigenvalue weighted by molar-refractivity contribution is -0.385. The summed E-state index contributed by atoms with van der Waals surface area (Å²) in [6.07, 6.45) is 1.34. The molecule has 0 aliphatic carbocycles. The summed E-state index contributed by atoms with van der Waals surface area (Å²) in [5.41, 5.74) is 0.549. The first-order valence-corrected chi connectivity index (χ1v) is 3.30. The van der Waals surface area contributed by atoms with E-state index in [9.17, 15) is 10.1 Å². The molecule has 5 nitrogen and oxygen atoms in total. The fraction of sp³-hybridized carbons (Fsp3) is 0.286. The number of methoxy groups -OCH3 is 1. The minimum absolute atomic E-state index is 0.0509. The van der Waals surface area contributed by atoms with Gasteiger partial charge in [0.05, 0.1) is 18.2 Å². The Morgan fingerprint density at radius 2 is 2.33 bits per heavy atom. The van der Waals surface area contributed by atoms with Crippen molar-refractivity contribution in [2.75, 3.05) is 7.11 Å². The maximum absolute atomic E-state index is 10.4. The van der Waals surface area contributed by atoms with Crippen molar-refractivity contribution in [1.82, 2.24) is 4.98 Å². The molecule has 0 spiro atoms. The number of aromatic nitrogens is 1. The van der Waals surface area contributed by atoms with Gasteiger partial charge in [0.2, 0.25) is 5.75 Å². The van der Waals surface area contributed by atoms with E-state index in [1.54, 1.807) is 6.92 Å². The molecular weight excluding hydrogens is 160 g/mol. The van der Waals surface area contributed by atoms with Gasteiger partial charge in [-0.05, 0) is 6.92 Å². The minimum Gasteiger partial charge on any atom is -0.489 e. The van der Waals surface area contributed by atoms with Crippen LogP contribution >= 0.6 is 0 Å². The van der Waals surface area contributed by atoms with Crippen molar-refractivity contribution in [1.29, 1.82) is 0 Å². The van der Waals surface area contributed by atoms with E-state index in [2.05, 4.69) is 4.98 Å². The van der Waals surface area contributed by atoms with Gasteiger partial charge >= 0.3 is 5.69 Å². The largest absolute Gasteiger partial charge is 0.489 e. The average molecular weight is 168 g/mol. The lowest BCUT2D eigenvalue weighted by Crippen LogP contribution is -1.95. The summed E-state index contributed by atoms with van der Waals surface area (Å²) in [7, 11) is 1.37. The van der Waals surface area contributed by atoms with E-state index in [0.29, 0.717) is 5.69 Å². The highest BCUT2D eigenvalue weighted by Gasteiger charge is 2.14. The molecule has 5 heteroatoms. The first-order valence-electron chi connectivity index (χ1n) is 3.30. The smallest absolute Gasteiger partial charge is 0.314 e. The third kappa shape index (κ3) is 1.50. The van der Waals surface area contributed by atoms with Crippen LogP contribution in [0.25, 0.3) is 0 Å². The van der Waals surface area contributed by atoms with Gasteiger partial charge in [-0.1, -0.05) is 0 Å². The van der Waals surface area contributed by atoms with E-state index < -0.39 is 4.92 Å². The second-order valence-electron chi connectivity index (χ2n) is 2.25. The Bertz CT molecular complexity index is 312. The van der Waals surface area contributed by atoms with Gasteiger partial charge in [-0.3, -0.25) is 15.1 Å². The molecule has 0 aliphatic heterocycles. The maximum Gasteiger partial charge on any atom is 0.314 e. The molecule has 1 aromatic rings. The number of rotatable bonds is 2. The summed E-state index contributed by atoms with van der Waals surface area (Å²) in [6.45, 7) is 1.69. The molecular formula is C7H8N2O3. The van der Waals surface area contributed by atoms with Crippen LogP contribution in [-0.2, 0) is 0 Å². The van der Waals surface area contributed by atoms with E-state index in [4.69, 9.17) is 4.74 Å². The van der Waals surface area contributed by atoms with Crippen LogP contribution in [0.2, 0.25) is 0 Å². The Labute approximate surface area is 69.1 Å². The van der Waals surface area contributed by atoms with E-state index >= 15 is 0 Å². The Morgan fingerprint density at radius 3 is 2.83 bits per heavy atom. The first-order chi connectivity index (χ1) is 5.65. The van der Waals surface area contributed by atoms with Crippen LogP contribution in [0, 0.1) is 17.0 Å². The Kier molecular flexibility index (Phi) is 2.23. The number of hydrogen-bond donors (Lipinski definition) is 0. The summed E-state index contributed by atoms with van der Waals surface area (Å²) in [5, 5.41) is 10.4. The molecule has 0 bridgehead atoms. The van der Waals surface area contributed by atoms with Gasteiger partial charge in [-0.15, -0.1) is 0 Å². The second-order valence-corrected chi connectivity index (χ2v) is 2.25. The number of nitro groups is 1. The quantitative estimate of drug-likeness (QED) is 0.493. The third-order valence-corrected chi connectivity index (χ3v) is 1.40. The van der Waals surface area contributed by atoms with Gasteiger partial charge < -0.3 is 4.74 Å². The molecule has 0 aliphatic rings. The maximum atomic E-state index is 10.4. The number of pyridine rings is 1. The molecule has 1 aromatic heterocycles. The summed E-state index contributed by atoms with van der Waals surface area (Å²) >= 11 is 0. The highest BCUT2D eigenvalue weighted by Crippen LogP contribution is 2.25. The van der Waals surface area contributed by atoms with Crippen LogP contribution in [0.3, 0.4) is 0 Å². The van der Waals surface area contributed by atoms with Gasteiger partial charge in [0, 0.05) is 11.8 Å². The van der Waals surface area contributed by atoms with Crippen LogP contribution in [0.15, 0.2) is 12.3 Å². The average Bonchev–Trinajstić information content (AvgIpc) is 2.04. The fourth-order valence-corrected chi connectivity index (χ4v) is 0.833. The summed E-state index contributed by atoms with van der Waals surface area (Å²) in [5.74, 6) is 0.186. The number of hydrogen-bond acceptors (Lipinski definition) is 4. The van der Waals surface area contributed by atoms with E-state index in [-0.39, 0.29) is 11.4 Å². The first kappa shape index (κ1) is 8.45. The van der Waals surface area contributed by atoms with Gasteiger partial charge in [0.1, 0.15) is 0 Å². The van der Waals surface area contributed by atoms with Crippen molar-refractivity contribution < 1.29 is 9.66 Å². The number of aryl methyl sites for hydroxylation is 1. The lowest BCUT2D eigenvalue weighted by atomic mass is 10.3. The van der Waals surface area contributed by atoms with Crippen LogP contribution in [0.5, 0.6) is 5.75 Å². The normalized spacial score (nSPS) is 9.50. The molecule has 0 fully saturated rings. The Hall–Kier alpha value is -1.65. The molecule has 0 saturated carbocycles. The van der Waals surface area contributed by atoms with Crippen molar-refractivity contribution in [2.24, 2.45) is 0 Å². The van der Waals surface area contributed by atoms with E-state index in [0.717, 1.165) is 0 Å². The molecule has 0 radical (unpaired) electrons. The van der Waals surface area contributed by atoms with Crippen molar-refractivity contribution in [3.05, 3.63) is 28.1 Å². The highest BCUT2D eigenvalue weighted by molar-refractivity contribution is 5.45. The Balaban J connectivity index is 3.21. The van der Waals surface area contributed by atoms with Crippen LogP contribution in [0.1, 0.15) is 5.69 Å². The van der Waals surface area contributed by atoms with Crippen LogP contribution in [0.4, 0.5) is 5.69 Å². The summed E-state index contributed by atoms with van der Waals surface area (Å²) in [6, 6.07) is 1.37. The topological polar surface area (TPSA) is 65.3 Å². The molecule has 1 heterocycles. The molecule has 64 valence electrons. The molecule has 0 N–H and O–H groups in total. The lowest BCUT2D eigenvalue weighted by Gasteiger charge is -2.00. The van der Waals surface area contributed by atoms with Crippen molar-refractivity contribution >= 4 is 5.69 Å². The molecule has 0 aromatic carbocycles. The summed E-state index contributed by atoms with van der Waals surface area (Å²) < 4.78 is 4.76. The standard InChI is InChI=1S/C7H8N2O3/c1-5-3-6(9(10)11)7(12-2)4-8-5/h3-4H,1-2H3. The molecule has 0 unspecified atom stereocenters. The van der Waals surface area contributed by atoms with Gasteiger partial charge in [-0.25, -0.2) is 0 Å². The van der Waals surface area contributed by atoms with Crippen molar-refractivity contribution in [3.8, 4) is 5.75 Å². The van der Waals surface area contributed by atoms with Crippen LogP contribution < -0.4 is 4.74 Å². The Morgan fingerprint density at radius 1 is 1.67 bits per heavy atom. The zero-order valence-corrected chi connectivity index (χ0v) is 6.77. The molecule has 1 rings (SSSR count). The summed E-state index contributed by atoms with van der Waals surface area (Å²) in [4.78, 5) is 13.8.